The molecule has 1 amide bonds. The molecule has 0 bridgehead atoms. The van der Waals surface area contributed by atoms with Crippen molar-refractivity contribution < 1.29 is 17.9 Å². The van der Waals surface area contributed by atoms with E-state index < -0.39 is 27.2 Å². The molecule has 0 saturated heterocycles. The highest BCUT2D eigenvalue weighted by Crippen LogP contribution is 2.32. The molecule has 11 heteroatoms. The van der Waals surface area contributed by atoms with E-state index in [-0.39, 0.29) is 21.0 Å². The van der Waals surface area contributed by atoms with Gasteiger partial charge in [-0.1, -0.05) is 41.9 Å². The van der Waals surface area contributed by atoms with Crippen molar-refractivity contribution in [3.63, 3.8) is 0 Å². The molecule has 1 heterocycles. The first-order valence-electron chi connectivity index (χ1n) is 12.3. The Labute approximate surface area is 232 Å². The van der Waals surface area contributed by atoms with Crippen molar-refractivity contribution in [1.29, 1.82) is 0 Å². The minimum absolute atomic E-state index is 0.0998. The van der Waals surface area contributed by atoms with E-state index in [0.29, 0.717) is 24.3 Å². The van der Waals surface area contributed by atoms with Gasteiger partial charge >= 0.3 is 5.69 Å². The molecular formula is C28H31ClN4O5S. The second-order valence-corrected chi connectivity index (χ2v) is 11.8. The van der Waals surface area contributed by atoms with Gasteiger partial charge < -0.3 is 15.0 Å². The third kappa shape index (κ3) is 5.32. The Bertz CT molecular complexity index is 1650. The molecule has 0 spiro atoms. The Morgan fingerprint density at radius 2 is 1.69 bits per heavy atom. The summed E-state index contributed by atoms with van der Waals surface area (Å²) in [5.41, 5.74) is -1.67. The highest BCUT2D eigenvalue weighted by Gasteiger charge is 2.42. The number of carbonyl (C=O) groups excluding carboxylic acids is 1. The van der Waals surface area contributed by atoms with Crippen LogP contribution in [0.4, 0.5) is 0 Å². The summed E-state index contributed by atoms with van der Waals surface area (Å²) in [6.45, 7) is 2.74. The van der Waals surface area contributed by atoms with Crippen molar-refractivity contribution >= 4 is 38.6 Å². The molecule has 0 radical (unpaired) electrons. The van der Waals surface area contributed by atoms with Crippen LogP contribution in [-0.2, 0) is 20.4 Å². The van der Waals surface area contributed by atoms with Gasteiger partial charge in [0.15, 0.2) is 5.54 Å². The van der Waals surface area contributed by atoms with Crippen molar-refractivity contribution in [1.82, 2.24) is 18.8 Å². The van der Waals surface area contributed by atoms with E-state index in [1.165, 1.54) is 54.1 Å². The van der Waals surface area contributed by atoms with Crippen molar-refractivity contribution in [2.75, 3.05) is 34.3 Å². The standard InChI is InChI=1S/C28H31ClN4O5S/c1-28(20-9-6-5-7-10-20,26(34)30-17-8-18-31(2)3)32-25-19-21(29)11-16-24(25)33(27(32)35)39(36,37)23-14-12-22(38-4)13-15-23/h5-7,9-16,19H,8,17-18H2,1-4H3,(H,30,34). The molecule has 0 aliphatic rings. The molecule has 39 heavy (non-hydrogen) atoms. The molecule has 0 saturated carbocycles. The minimum atomic E-state index is -4.36. The Kier molecular flexibility index (Phi) is 8.20. The number of nitrogens with one attached hydrogen (secondary N) is 1. The van der Waals surface area contributed by atoms with Crippen LogP contribution >= 0.6 is 11.6 Å². The fourth-order valence-corrected chi connectivity index (χ4v) is 6.11. The van der Waals surface area contributed by atoms with Gasteiger partial charge in [-0.05, 0) is 82.0 Å². The zero-order valence-electron chi connectivity index (χ0n) is 22.2. The highest BCUT2D eigenvalue weighted by atomic mass is 35.5. The van der Waals surface area contributed by atoms with Crippen LogP contribution in [0.5, 0.6) is 5.75 Å². The van der Waals surface area contributed by atoms with Gasteiger partial charge in [0.2, 0.25) is 0 Å². The quantitative estimate of drug-likeness (QED) is 0.293. The number of hydrogen-bond donors (Lipinski definition) is 1. The molecule has 1 unspecified atom stereocenters. The van der Waals surface area contributed by atoms with Crippen molar-refractivity contribution in [2.24, 2.45) is 0 Å². The Morgan fingerprint density at radius 1 is 1.03 bits per heavy atom. The number of imidazole rings is 1. The number of rotatable bonds is 10. The molecule has 0 aliphatic heterocycles. The second-order valence-electron chi connectivity index (χ2n) is 9.55. The first-order chi connectivity index (χ1) is 18.5. The van der Waals surface area contributed by atoms with Crippen LogP contribution in [-0.4, -0.2) is 62.1 Å². The van der Waals surface area contributed by atoms with Gasteiger partial charge in [0.1, 0.15) is 5.75 Å². The van der Waals surface area contributed by atoms with E-state index in [4.69, 9.17) is 16.3 Å². The van der Waals surface area contributed by atoms with E-state index in [1.807, 2.05) is 19.0 Å². The summed E-state index contributed by atoms with van der Waals surface area (Å²) >= 11 is 6.33. The monoisotopic (exact) mass is 570 g/mol. The smallest absolute Gasteiger partial charge is 0.344 e. The molecule has 4 rings (SSSR count). The molecule has 1 aromatic heterocycles. The average Bonchev–Trinajstić information content (AvgIpc) is 3.22. The van der Waals surface area contributed by atoms with Crippen LogP contribution in [0.1, 0.15) is 18.9 Å². The van der Waals surface area contributed by atoms with Crippen LogP contribution in [0.25, 0.3) is 11.0 Å². The third-order valence-electron chi connectivity index (χ3n) is 6.65. The molecule has 0 fully saturated rings. The molecule has 4 aromatic rings. The van der Waals surface area contributed by atoms with Crippen LogP contribution < -0.4 is 15.7 Å². The predicted octanol–water partition coefficient (Wildman–Crippen LogP) is 3.53. The normalized spacial score (nSPS) is 13.4. The maximum Gasteiger partial charge on any atom is 0.344 e. The summed E-state index contributed by atoms with van der Waals surface area (Å²) in [6, 6.07) is 19.0. The molecule has 1 atom stereocenters. The molecule has 3 aromatic carbocycles. The largest absolute Gasteiger partial charge is 0.497 e. The maximum atomic E-state index is 14.2. The Morgan fingerprint density at radius 3 is 2.31 bits per heavy atom. The third-order valence-corrected chi connectivity index (χ3v) is 8.59. The first-order valence-corrected chi connectivity index (χ1v) is 14.1. The number of amides is 1. The lowest BCUT2D eigenvalue weighted by atomic mass is 9.90. The minimum Gasteiger partial charge on any atom is -0.497 e. The summed E-state index contributed by atoms with van der Waals surface area (Å²) in [4.78, 5) is 30.0. The van der Waals surface area contributed by atoms with Gasteiger partial charge in [0.25, 0.3) is 15.9 Å². The maximum absolute atomic E-state index is 14.2. The lowest BCUT2D eigenvalue weighted by Crippen LogP contribution is -2.52. The number of nitrogens with zero attached hydrogens (tertiary/aromatic N) is 3. The SMILES string of the molecule is COc1ccc(S(=O)(=O)n2c(=O)n(C(C)(C(=O)NCCCN(C)C)c3ccccc3)c3cc(Cl)ccc32)cc1. The summed E-state index contributed by atoms with van der Waals surface area (Å²) in [5.74, 6) is 0.0218. The first kappa shape index (κ1) is 28.4. The fourth-order valence-electron chi connectivity index (χ4n) is 4.56. The molecule has 0 aliphatic carbocycles. The number of halogens is 1. The predicted molar refractivity (Wildman–Crippen MR) is 152 cm³/mol. The van der Waals surface area contributed by atoms with E-state index in [0.717, 1.165) is 10.5 Å². The second kappa shape index (κ2) is 11.3. The van der Waals surface area contributed by atoms with Gasteiger partial charge in [0, 0.05) is 11.6 Å². The number of hydrogen-bond acceptors (Lipinski definition) is 6. The molecular weight excluding hydrogens is 540 g/mol. The summed E-state index contributed by atoms with van der Waals surface area (Å²) < 4.78 is 34.8. The molecule has 9 nitrogen and oxygen atoms in total. The van der Waals surface area contributed by atoms with Crippen molar-refractivity contribution in [3.8, 4) is 5.75 Å². The number of aromatic nitrogens is 2. The number of fused-ring (bicyclic) bond motifs is 1. The Hall–Kier alpha value is -3.60. The van der Waals surface area contributed by atoms with Gasteiger partial charge in [-0.3, -0.25) is 9.36 Å². The fraction of sp³-hybridized carbons (Fsp3) is 0.286. The van der Waals surface area contributed by atoms with Gasteiger partial charge in [0.05, 0.1) is 23.0 Å². The summed E-state index contributed by atoms with van der Waals surface area (Å²) in [5, 5.41) is 3.23. The van der Waals surface area contributed by atoms with Crippen LogP contribution in [0.2, 0.25) is 5.02 Å². The number of benzene rings is 3. The van der Waals surface area contributed by atoms with Crippen molar-refractivity contribution in [3.05, 3.63) is 93.9 Å². The molecule has 206 valence electrons. The van der Waals surface area contributed by atoms with Gasteiger partial charge in [-0.25, -0.2) is 13.2 Å². The lowest BCUT2D eigenvalue weighted by molar-refractivity contribution is -0.127. The zero-order valence-corrected chi connectivity index (χ0v) is 23.8. The number of methoxy groups -OCH3 is 1. The lowest BCUT2D eigenvalue weighted by Gasteiger charge is -2.30. The van der Waals surface area contributed by atoms with E-state index >= 15 is 0 Å². The van der Waals surface area contributed by atoms with Crippen molar-refractivity contribution in [2.45, 2.75) is 23.8 Å². The van der Waals surface area contributed by atoms with Gasteiger partial charge in [-0.2, -0.15) is 3.97 Å². The number of ether oxygens (including phenoxy) is 1. The van der Waals surface area contributed by atoms with E-state index in [2.05, 4.69) is 5.32 Å². The van der Waals surface area contributed by atoms with E-state index in [9.17, 15) is 18.0 Å². The topological polar surface area (TPSA) is 103 Å². The Balaban J connectivity index is 1.97. The van der Waals surface area contributed by atoms with Crippen LogP contribution in [0.3, 0.4) is 0 Å². The van der Waals surface area contributed by atoms with E-state index in [1.54, 1.807) is 37.3 Å². The van der Waals surface area contributed by atoms with Crippen LogP contribution in [0, 0.1) is 0 Å². The van der Waals surface area contributed by atoms with Gasteiger partial charge in [-0.15, -0.1) is 0 Å². The summed E-state index contributed by atoms with van der Waals surface area (Å²) in [6.07, 6.45) is 0.692. The number of carbonyl (C=O) groups is 1. The summed E-state index contributed by atoms with van der Waals surface area (Å²) in [7, 11) is 0.993. The van der Waals surface area contributed by atoms with Crippen LogP contribution in [0.15, 0.2) is 82.5 Å². The average molecular weight is 571 g/mol. The zero-order chi connectivity index (χ0) is 28.4. The highest BCUT2D eigenvalue weighted by molar-refractivity contribution is 7.90. The molecule has 1 N–H and O–H groups in total.